The lowest BCUT2D eigenvalue weighted by Crippen LogP contribution is -2.22. The van der Waals surface area contributed by atoms with Gasteiger partial charge < -0.3 is 0 Å². The van der Waals surface area contributed by atoms with E-state index in [-0.39, 0.29) is 5.56 Å². The van der Waals surface area contributed by atoms with Gasteiger partial charge in [-0.2, -0.15) is 0 Å². The maximum absolute atomic E-state index is 12.5. The topological polar surface area (TPSA) is 47.8 Å². The van der Waals surface area contributed by atoms with Crippen molar-refractivity contribution in [2.24, 2.45) is 0 Å². The van der Waals surface area contributed by atoms with E-state index in [2.05, 4.69) is 16.5 Å². The van der Waals surface area contributed by atoms with Crippen LogP contribution in [0, 0.1) is 6.92 Å². The van der Waals surface area contributed by atoms with Gasteiger partial charge in [0.05, 0.1) is 16.1 Å². The molecule has 0 aliphatic carbocycles. The van der Waals surface area contributed by atoms with Gasteiger partial charge in [0.25, 0.3) is 5.56 Å². The van der Waals surface area contributed by atoms with Gasteiger partial charge in [0.1, 0.15) is 4.83 Å². The van der Waals surface area contributed by atoms with Gasteiger partial charge in [-0.3, -0.25) is 9.36 Å². The number of nitrogens with zero attached hydrogens (tertiary/aromatic N) is 3. The summed E-state index contributed by atoms with van der Waals surface area (Å²) < 4.78 is 1.67. The molecule has 0 saturated carbocycles. The molecule has 21 heavy (non-hydrogen) atoms. The molecule has 108 valence electrons. The summed E-state index contributed by atoms with van der Waals surface area (Å²) in [5.41, 5.74) is 1.02. The Morgan fingerprint density at radius 2 is 2.29 bits per heavy atom. The second kappa shape index (κ2) is 6.13. The molecule has 3 heterocycles. The summed E-state index contributed by atoms with van der Waals surface area (Å²) in [5, 5.41) is 6.39. The molecule has 7 heteroatoms. The van der Waals surface area contributed by atoms with E-state index in [1.165, 1.54) is 11.3 Å². The number of fused-ring (bicyclic) bond motifs is 1. The summed E-state index contributed by atoms with van der Waals surface area (Å²) in [7, 11) is 0. The zero-order valence-corrected chi connectivity index (χ0v) is 13.9. The molecule has 0 aliphatic rings. The number of rotatable bonds is 5. The van der Waals surface area contributed by atoms with Crippen molar-refractivity contribution in [2.75, 3.05) is 0 Å². The molecule has 3 rings (SSSR count). The molecule has 0 aromatic carbocycles. The van der Waals surface area contributed by atoms with E-state index in [0.717, 1.165) is 20.7 Å². The van der Waals surface area contributed by atoms with E-state index in [1.54, 1.807) is 33.7 Å². The first kappa shape index (κ1) is 14.5. The SMILES string of the molecule is C=CCn1c(SCc2csc(C)n2)nc2sccc2c1=O. The molecule has 0 amide bonds. The number of thioether (sulfide) groups is 1. The Morgan fingerprint density at radius 1 is 1.43 bits per heavy atom. The van der Waals surface area contributed by atoms with Crippen molar-refractivity contribution in [3.8, 4) is 0 Å². The molecule has 0 N–H and O–H groups in total. The zero-order valence-electron chi connectivity index (χ0n) is 11.4. The van der Waals surface area contributed by atoms with Crippen molar-refractivity contribution in [3.63, 3.8) is 0 Å². The van der Waals surface area contributed by atoms with Crippen LogP contribution in [0.15, 0.2) is 39.4 Å². The first-order valence-corrected chi connectivity index (χ1v) is 9.06. The van der Waals surface area contributed by atoms with Gasteiger partial charge in [-0.15, -0.1) is 29.3 Å². The summed E-state index contributed by atoms with van der Waals surface area (Å²) >= 11 is 4.67. The Balaban J connectivity index is 1.97. The van der Waals surface area contributed by atoms with E-state index in [0.29, 0.717) is 17.7 Å². The average molecular weight is 335 g/mol. The van der Waals surface area contributed by atoms with Gasteiger partial charge in [-0.05, 0) is 18.4 Å². The molecule has 3 aromatic rings. The Labute approximate surface area is 134 Å². The van der Waals surface area contributed by atoms with Crippen molar-refractivity contribution < 1.29 is 0 Å². The van der Waals surface area contributed by atoms with Crippen LogP contribution in [0.5, 0.6) is 0 Å². The molecule has 0 saturated heterocycles. The van der Waals surface area contributed by atoms with E-state index in [9.17, 15) is 4.79 Å². The monoisotopic (exact) mass is 335 g/mol. The van der Waals surface area contributed by atoms with Crippen molar-refractivity contribution in [1.29, 1.82) is 0 Å². The summed E-state index contributed by atoms with van der Waals surface area (Å²) in [6, 6.07) is 1.83. The van der Waals surface area contributed by atoms with E-state index < -0.39 is 0 Å². The second-order valence-corrected chi connectivity index (χ2v) is 7.28. The van der Waals surface area contributed by atoms with Gasteiger partial charge in [0.2, 0.25) is 0 Å². The van der Waals surface area contributed by atoms with Crippen molar-refractivity contribution in [1.82, 2.24) is 14.5 Å². The average Bonchev–Trinajstić information content (AvgIpc) is 3.09. The van der Waals surface area contributed by atoms with E-state index in [4.69, 9.17) is 0 Å². The molecule has 0 spiro atoms. The predicted octanol–water partition coefficient (Wildman–Crippen LogP) is 3.70. The highest BCUT2D eigenvalue weighted by atomic mass is 32.2. The minimum absolute atomic E-state index is 0.00175. The first-order chi connectivity index (χ1) is 10.2. The number of thiazole rings is 1. The Bertz CT molecular complexity index is 847. The first-order valence-electron chi connectivity index (χ1n) is 6.32. The largest absolute Gasteiger partial charge is 0.283 e. The van der Waals surface area contributed by atoms with Crippen LogP contribution in [-0.2, 0) is 12.3 Å². The molecule has 4 nitrogen and oxygen atoms in total. The predicted molar refractivity (Wildman–Crippen MR) is 90.5 cm³/mol. The third-order valence-electron chi connectivity index (χ3n) is 2.88. The van der Waals surface area contributed by atoms with Gasteiger partial charge in [-0.25, -0.2) is 9.97 Å². The standard InChI is InChI=1S/C14H13N3OS3/c1-3-5-17-13(18)11-4-6-19-12(11)16-14(17)21-8-10-7-20-9(2)15-10/h3-4,6-7H,1,5,8H2,2H3. The molecular formula is C14H13N3OS3. The van der Waals surface area contributed by atoms with Gasteiger partial charge in [0, 0.05) is 17.7 Å². The molecule has 0 radical (unpaired) electrons. The fourth-order valence-electron chi connectivity index (χ4n) is 1.94. The minimum Gasteiger partial charge on any atom is -0.283 e. The van der Waals surface area contributed by atoms with Crippen molar-refractivity contribution >= 4 is 44.7 Å². The number of allylic oxidation sites excluding steroid dienone is 1. The third-order valence-corrected chi connectivity index (χ3v) is 5.51. The number of thiophene rings is 1. The maximum Gasteiger partial charge on any atom is 0.263 e. The third kappa shape index (κ3) is 2.95. The summed E-state index contributed by atoms with van der Waals surface area (Å²) in [4.78, 5) is 22.3. The van der Waals surface area contributed by atoms with Crippen LogP contribution in [-0.4, -0.2) is 14.5 Å². The maximum atomic E-state index is 12.5. The Hall–Kier alpha value is -1.44. The lowest BCUT2D eigenvalue weighted by Gasteiger charge is -2.09. The second-order valence-electron chi connectivity index (χ2n) is 4.38. The van der Waals surface area contributed by atoms with Gasteiger partial charge in [-0.1, -0.05) is 17.8 Å². The summed E-state index contributed by atoms with van der Waals surface area (Å²) in [6.07, 6.45) is 1.72. The number of hydrogen-bond acceptors (Lipinski definition) is 6. The minimum atomic E-state index is -0.00175. The lowest BCUT2D eigenvalue weighted by molar-refractivity contribution is 0.672. The lowest BCUT2D eigenvalue weighted by atomic mass is 10.4. The molecular weight excluding hydrogens is 322 g/mol. The van der Waals surface area contributed by atoms with Crippen LogP contribution in [0.1, 0.15) is 10.7 Å². The Kier molecular flexibility index (Phi) is 4.23. The van der Waals surface area contributed by atoms with Crippen LogP contribution in [0.4, 0.5) is 0 Å². The summed E-state index contributed by atoms with van der Waals surface area (Å²) in [6.45, 7) is 6.18. The van der Waals surface area contributed by atoms with E-state index in [1.807, 2.05) is 23.8 Å². The van der Waals surface area contributed by atoms with Crippen LogP contribution in [0.25, 0.3) is 10.2 Å². The number of hydrogen-bond donors (Lipinski definition) is 0. The van der Waals surface area contributed by atoms with Crippen LogP contribution >= 0.6 is 34.4 Å². The highest BCUT2D eigenvalue weighted by Crippen LogP contribution is 2.24. The highest BCUT2D eigenvalue weighted by Gasteiger charge is 2.12. The summed E-state index contributed by atoms with van der Waals surface area (Å²) in [5.74, 6) is 0.713. The fourth-order valence-corrected chi connectivity index (χ4v) is 4.37. The van der Waals surface area contributed by atoms with Gasteiger partial charge in [0.15, 0.2) is 5.16 Å². The van der Waals surface area contributed by atoms with Gasteiger partial charge >= 0.3 is 0 Å². The molecule has 0 unspecified atom stereocenters. The van der Waals surface area contributed by atoms with Crippen LogP contribution in [0.3, 0.4) is 0 Å². The molecule has 0 bridgehead atoms. The highest BCUT2D eigenvalue weighted by molar-refractivity contribution is 7.98. The van der Waals surface area contributed by atoms with Crippen LogP contribution in [0.2, 0.25) is 0 Å². The molecule has 0 aliphatic heterocycles. The normalized spacial score (nSPS) is 11.1. The smallest absolute Gasteiger partial charge is 0.263 e. The molecule has 0 fully saturated rings. The molecule has 3 aromatic heterocycles. The number of aryl methyl sites for hydroxylation is 1. The Morgan fingerprint density at radius 3 is 3.00 bits per heavy atom. The zero-order chi connectivity index (χ0) is 14.8. The quantitative estimate of drug-likeness (QED) is 0.405. The van der Waals surface area contributed by atoms with Crippen molar-refractivity contribution in [3.05, 3.63) is 50.5 Å². The van der Waals surface area contributed by atoms with Crippen LogP contribution < -0.4 is 5.56 Å². The number of aromatic nitrogens is 3. The fraction of sp³-hybridized carbons (Fsp3) is 0.214. The van der Waals surface area contributed by atoms with E-state index >= 15 is 0 Å². The molecule has 0 atom stereocenters. The van der Waals surface area contributed by atoms with Crippen molar-refractivity contribution in [2.45, 2.75) is 24.4 Å².